The maximum atomic E-state index is 13.5. The summed E-state index contributed by atoms with van der Waals surface area (Å²) in [5, 5.41) is 5.89. The van der Waals surface area contributed by atoms with Crippen LogP contribution >= 0.6 is 0 Å². The molecule has 10 heteroatoms. The van der Waals surface area contributed by atoms with Crippen LogP contribution in [0.5, 0.6) is 11.5 Å². The number of likely N-dealkylation sites (N-methyl/N-ethyl adjacent to an activating group) is 1. The second kappa shape index (κ2) is 13.3. The molecule has 0 saturated carbocycles. The number of urea groups is 2. The summed E-state index contributed by atoms with van der Waals surface area (Å²) in [7, 11) is 0. The van der Waals surface area contributed by atoms with Crippen LogP contribution in [0.4, 0.5) is 9.59 Å². The molecule has 1 fully saturated rings. The second-order valence-electron chi connectivity index (χ2n) is 9.81. The fourth-order valence-corrected chi connectivity index (χ4v) is 5.23. The monoisotopic (exact) mass is 549 g/mol. The molecule has 0 aromatic heterocycles. The first kappa shape index (κ1) is 28.9. The van der Waals surface area contributed by atoms with Gasteiger partial charge in [-0.15, -0.1) is 0 Å². The number of carbonyl (C=O) groups excluding carboxylic acids is 3. The lowest BCUT2D eigenvalue weighted by molar-refractivity contribution is -0.139. The minimum Gasteiger partial charge on any atom is -0.463 e. The molecule has 10 nitrogen and oxygen atoms in total. The normalized spacial score (nSPS) is 19.8. The third-order valence-corrected chi connectivity index (χ3v) is 7.09. The average Bonchev–Trinajstić information content (AvgIpc) is 2.94. The van der Waals surface area contributed by atoms with Crippen LogP contribution in [-0.4, -0.2) is 84.6 Å². The summed E-state index contributed by atoms with van der Waals surface area (Å²) in [6.45, 7) is 10.9. The zero-order valence-corrected chi connectivity index (χ0v) is 23.7. The molecule has 214 valence electrons. The van der Waals surface area contributed by atoms with Gasteiger partial charge in [0.15, 0.2) is 0 Å². The van der Waals surface area contributed by atoms with Gasteiger partial charge in [0.25, 0.3) is 0 Å². The van der Waals surface area contributed by atoms with Crippen LogP contribution in [0.2, 0.25) is 0 Å². The highest BCUT2D eigenvalue weighted by Gasteiger charge is 2.39. The Morgan fingerprint density at radius 1 is 1.02 bits per heavy atom. The molecule has 2 atom stereocenters. The van der Waals surface area contributed by atoms with E-state index in [2.05, 4.69) is 15.5 Å². The number of esters is 1. The van der Waals surface area contributed by atoms with E-state index >= 15 is 0 Å². The molecular weight excluding hydrogens is 510 g/mol. The Bertz CT molecular complexity index is 1230. The Balaban J connectivity index is 1.67. The summed E-state index contributed by atoms with van der Waals surface area (Å²) < 4.78 is 11.5. The number of carbonyl (C=O) groups is 3. The van der Waals surface area contributed by atoms with Crippen molar-refractivity contribution in [1.29, 1.82) is 0 Å². The molecule has 2 aromatic rings. The van der Waals surface area contributed by atoms with Crippen molar-refractivity contribution in [3.63, 3.8) is 0 Å². The number of hydrogen-bond acceptors (Lipinski definition) is 6. The molecule has 40 heavy (non-hydrogen) atoms. The third-order valence-electron chi connectivity index (χ3n) is 7.09. The van der Waals surface area contributed by atoms with E-state index in [1.54, 1.807) is 11.8 Å². The smallest absolute Gasteiger partial charge is 0.338 e. The Morgan fingerprint density at radius 3 is 2.45 bits per heavy atom. The summed E-state index contributed by atoms with van der Waals surface area (Å²) in [5.41, 5.74) is 1.73. The quantitative estimate of drug-likeness (QED) is 0.456. The maximum Gasteiger partial charge on any atom is 0.338 e. The van der Waals surface area contributed by atoms with Gasteiger partial charge in [-0.2, -0.15) is 0 Å². The Kier molecular flexibility index (Phi) is 9.65. The number of amides is 4. The summed E-state index contributed by atoms with van der Waals surface area (Å²) in [5.74, 6) is 0.812. The molecule has 0 bridgehead atoms. The van der Waals surface area contributed by atoms with E-state index in [4.69, 9.17) is 9.47 Å². The molecular formula is C30H39N5O5. The number of hydrogen-bond donors (Lipinski definition) is 2. The van der Waals surface area contributed by atoms with Gasteiger partial charge >= 0.3 is 18.0 Å². The first-order chi connectivity index (χ1) is 19.4. The summed E-state index contributed by atoms with van der Waals surface area (Å²) >= 11 is 0. The predicted molar refractivity (Wildman–Crippen MR) is 152 cm³/mol. The largest absolute Gasteiger partial charge is 0.463 e. The van der Waals surface area contributed by atoms with Crippen LogP contribution in [0.3, 0.4) is 0 Å². The van der Waals surface area contributed by atoms with Gasteiger partial charge in [0.05, 0.1) is 18.2 Å². The van der Waals surface area contributed by atoms with Gasteiger partial charge in [-0.25, -0.2) is 14.4 Å². The van der Waals surface area contributed by atoms with E-state index in [1.165, 1.54) is 0 Å². The lowest BCUT2D eigenvalue weighted by Crippen LogP contribution is -2.58. The van der Waals surface area contributed by atoms with Crippen LogP contribution in [0.25, 0.3) is 0 Å². The number of benzene rings is 2. The fraction of sp³-hybridized carbons (Fsp3) is 0.433. The van der Waals surface area contributed by atoms with E-state index < -0.39 is 12.0 Å². The van der Waals surface area contributed by atoms with Crippen LogP contribution in [0.1, 0.15) is 39.3 Å². The van der Waals surface area contributed by atoms with Crippen molar-refractivity contribution in [2.75, 3.05) is 45.9 Å². The number of rotatable bonds is 9. The Hall–Kier alpha value is -4.05. The molecule has 2 aliphatic rings. The number of para-hydroxylation sites is 1. The minimum atomic E-state index is -0.710. The van der Waals surface area contributed by atoms with Crippen LogP contribution < -0.4 is 15.4 Å². The number of nitrogens with one attached hydrogen (secondary N) is 2. The van der Waals surface area contributed by atoms with Gasteiger partial charge in [-0.1, -0.05) is 30.3 Å². The van der Waals surface area contributed by atoms with Crippen LogP contribution in [0, 0.1) is 0 Å². The number of nitrogens with zero attached hydrogens (tertiary/aromatic N) is 3. The van der Waals surface area contributed by atoms with E-state index in [0.29, 0.717) is 67.6 Å². The molecule has 2 aromatic carbocycles. The van der Waals surface area contributed by atoms with Crippen molar-refractivity contribution in [2.24, 2.45) is 0 Å². The second-order valence-corrected chi connectivity index (χ2v) is 9.81. The zero-order valence-electron chi connectivity index (χ0n) is 23.7. The highest BCUT2D eigenvalue weighted by molar-refractivity contribution is 5.95. The number of ether oxygens (including phenoxy) is 2. The first-order valence-corrected chi connectivity index (χ1v) is 13.9. The first-order valence-electron chi connectivity index (χ1n) is 13.9. The van der Waals surface area contributed by atoms with Gasteiger partial charge in [-0.3, -0.25) is 9.80 Å². The molecule has 4 rings (SSSR count). The van der Waals surface area contributed by atoms with Crippen molar-refractivity contribution in [3.05, 3.63) is 71.4 Å². The van der Waals surface area contributed by atoms with E-state index in [-0.39, 0.29) is 24.7 Å². The van der Waals surface area contributed by atoms with Crippen molar-refractivity contribution in [2.45, 2.75) is 39.8 Å². The Labute approximate surface area is 235 Å². The molecule has 4 amide bonds. The highest BCUT2D eigenvalue weighted by Crippen LogP contribution is 2.34. The van der Waals surface area contributed by atoms with E-state index in [1.807, 2.05) is 80.3 Å². The van der Waals surface area contributed by atoms with Gasteiger partial charge in [-0.05, 0) is 57.5 Å². The van der Waals surface area contributed by atoms with Crippen LogP contribution in [0.15, 0.2) is 65.9 Å². The van der Waals surface area contributed by atoms with Crippen molar-refractivity contribution in [1.82, 2.24) is 25.3 Å². The molecule has 2 N–H and O–H groups in total. The molecule has 0 radical (unpaired) electrons. The topological polar surface area (TPSA) is 103 Å². The predicted octanol–water partition coefficient (Wildman–Crippen LogP) is 4.12. The highest BCUT2D eigenvalue weighted by atomic mass is 16.5. The third kappa shape index (κ3) is 6.56. The summed E-state index contributed by atoms with van der Waals surface area (Å²) in [4.78, 5) is 44.9. The van der Waals surface area contributed by atoms with Gasteiger partial charge in [0.2, 0.25) is 0 Å². The molecule has 2 aliphatic heterocycles. The van der Waals surface area contributed by atoms with Gasteiger partial charge < -0.3 is 25.0 Å². The summed E-state index contributed by atoms with van der Waals surface area (Å²) in [6, 6.07) is 15.7. The van der Waals surface area contributed by atoms with Gasteiger partial charge in [0.1, 0.15) is 11.5 Å². The van der Waals surface area contributed by atoms with Gasteiger partial charge in [0, 0.05) is 51.0 Å². The average molecular weight is 550 g/mol. The van der Waals surface area contributed by atoms with Crippen molar-refractivity contribution < 1.29 is 23.9 Å². The molecule has 2 unspecified atom stereocenters. The molecule has 1 saturated heterocycles. The maximum absolute atomic E-state index is 13.5. The summed E-state index contributed by atoms with van der Waals surface area (Å²) in [6.07, 6.45) is 0. The SMILES string of the molecule is CCNC(=O)N1CCN(CC2=C(C(=O)OCC)C(c3cccc(Oc4ccccc4)c3)NC(=O)N2CC)CC1C. The fourth-order valence-electron chi connectivity index (χ4n) is 5.23. The standard InChI is InChI=1S/C30H39N5O5/c1-5-31-29(37)35-17-16-33(19-21(35)4)20-25-26(28(36)39-7-3)27(32-30(38)34(25)6-2)22-12-11-15-24(18-22)40-23-13-9-8-10-14-23/h8-15,18,21,27H,5-7,16-17,19-20H2,1-4H3,(H,31,37)(H,32,38). The van der Waals surface area contributed by atoms with Crippen LogP contribution in [-0.2, 0) is 9.53 Å². The minimum absolute atomic E-state index is 0.0259. The Morgan fingerprint density at radius 2 is 1.77 bits per heavy atom. The van der Waals surface area contributed by atoms with Crippen molar-refractivity contribution >= 4 is 18.0 Å². The molecule has 0 aliphatic carbocycles. The van der Waals surface area contributed by atoms with Crippen molar-refractivity contribution in [3.8, 4) is 11.5 Å². The lowest BCUT2D eigenvalue weighted by atomic mass is 9.93. The lowest BCUT2D eigenvalue weighted by Gasteiger charge is -2.42. The molecule has 2 heterocycles. The molecule has 0 spiro atoms. The zero-order chi connectivity index (χ0) is 28.6. The van der Waals surface area contributed by atoms with E-state index in [9.17, 15) is 14.4 Å². The van der Waals surface area contributed by atoms with E-state index in [0.717, 1.165) is 0 Å². The number of piperazine rings is 1.